The van der Waals surface area contributed by atoms with Crippen LogP contribution in [0.4, 0.5) is 0 Å². The van der Waals surface area contributed by atoms with E-state index in [1.165, 1.54) is 11.3 Å². The number of hydrogen-bond donors (Lipinski definition) is 2. The van der Waals surface area contributed by atoms with Gasteiger partial charge in [0.05, 0.1) is 11.4 Å². The fourth-order valence-electron chi connectivity index (χ4n) is 1.30. The van der Waals surface area contributed by atoms with E-state index in [1.54, 1.807) is 0 Å². The van der Waals surface area contributed by atoms with Crippen LogP contribution in [0.25, 0.3) is 11.3 Å². The zero-order valence-corrected chi connectivity index (χ0v) is 10.1. The Balaban J connectivity index is 2.29. The van der Waals surface area contributed by atoms with E-state index in [0.29, 0.717) is 5.75 Å². The number of rotatable bonds is 1. The molecule has 4 heteroatoms. The molecule has 0 amide bonds. The number of benzene rings is 1. The molecule has 0 radical (unpaired) electrons. The molecule has 1 aromatic heterocycles. The Labute approximate surface area is 103 Å². The fourth-order valence-corrected chi connectivity index (χ4v) is 1.96. The summed E-state index contributed by atoms with van der Waals surface area (Å²) in [4.78, 5) is 13.7. The molecule has 0 atom stereocenters. The van der Waals surface area contributed by atoms with Gasteiger partial charge < -0.3 is 4.98 Å². The highest BCUT2D eigenvalue weighted by molar-refractivity contribution is 7.80. The lowest BCUT2D eigenvalue weighted by molar-refractivity contribution is 1.34. The van der Waals surface area contributed by atoms with Crippen LogP contribution in [0, 0.1) is 11.8 Å². The van der Waals surface area contributed by atoms with E-state index in [9.17, 15) is 4.79 Å². The lowest BCUT2D eigenvalue weighted by atomic mass is 10.1. The number of H-pyrrole nitrogens is 1. The van der Waals surface area contributed by atoms with Gasteiger partial charge in [-0.05, 0) is 17.7 Å². The van der Waals surface area contributed by atoms with Crippen molar-refractivity contribution in [3.05, 3.63) is 44.9 Å². The van der Waals surface area contributed by atoms with Gasteiger partial charge in [-0.25, -0.2) is 0 Å². The number of aromatic nitrogens is 1. The second kappa shape index (κ2) is 5.06. The van der Waals surface area contributed by atoms with Gasteiger partial charge in [-0.15, -0.1) is 0 Å². The van der Waals surface area contributed by atoms with Crippen molar-refractivity contribution >= 4 is 24.0 Å². The lowest BCUT2D eigenvalue weighted by Gasteiger charge is -1.96. The maximum Gasteiger partial charge on any atom is 0.304 e. The van der Waals surface area contributed by atoms with Gasteiger partial charge in [-0.1, -0.05) is 35.3 Å². The van der Waals surface area contributed by atoms with Crippen LogP contribution in [0.5, 0.6) is 0 Å². The Kier molecular flexibility index (Phi) is 3.50. The minimum Gasteiger partial charge on any atom is -0.312 e. The Morgan fingerprint density at radius 3 is 2.62 bits per heavy atom. The first kappa shape index (κ1) is 11.1. The maximum atomic E-state index is 11.0. The summed E-state index contributed by atoms with van der Waals surface area (Å²) in [5, 5.41) is 1.82. The Hall–Kier alpha value is -1.44. The number of thiol groups is 1. The maximum absolute atomic E-state index is 11.0. The summed E-state index contributed by atoms with van der Waals surface area (Å²) in [6, 6.07) is 7.75. The highest BCUT2D eigenvalue weighted by Crippen LogP contribution is 2.17. The predicted molar refractivity (Wildman–Crippen MR) is 71.1 cm³/mol. The van der Waals surface area contributed by atoms with Crippen molar-refractivity contribution in [2.45, 2.75) is 0 Å². The second-order valence-corrected chi connectivity index (χ2v) is 4.26. The second-order valence-electron chi connectivity index (χ2n) is 3.10. The molecule has 80 valence electrons. The third kappa shape index (κ3) is 2.57. The monoisotopic (exact) mass is 247 g/mol. The highest BCUT2D eigenvalue weighted by Gasteiger charge is 1.99. The summed E-state index contributed by atoms with van der Waals surface area (Å²) in [6.07, 6.45) is 0. The zero-order chi connectivity index (χ0) is 11.4. The largest absolute Gasteiger partial charge is 0.312 e. The molecule has 1 N–H and O–H groups in total. The Bertz CT molecular complexity index is 584. The van der Waals surface area contributed by atoms with Crippen molar-refractivity contribution in [3.8, 4) is 23.1 Å². The van der Waals surface area contributed by atoms with Crippen molar-refractivity contribution in [1.82, 2.24) is 4.98 Å². The van der Waals surface area contributed by atoms with E-state index in [0.717, 1.165) is 16.8 Å². The molecule has 0 saturated carbocycles. The van der Waals surface area contributed by atoms with Crippen molar-refractivity contribution in [3.63, 3.8) is 0 Å². The standard InChI is InChI=1S/C12H9NOS2/c14-12-13-11(8-16-12)10-5-3-9(4-6-10)2-1-7-15/h3-6,8,15H,7H2,(H,13,14). The number of hydrogen-bond acceptors (Lipinski definition) is 3. The Morgan fingerprint density at radius 1 is 1.31 bits per heavy atom. The van der Waals surface area contributed by atoms with Crippen LogP contribution in [0.3, 0.4) is 0 Å². The van der Waals surface area contributed by atoms with E-state index < -0.39 is 0 Å². The van der Waals surface area contributed by atoms with Gasteiger partial charge in [0.25, 0.3) is 0 Å². The van der Waals surface area contributed by atoms with E-state index in [4.69, 9.17) is 0 Å². The van der Waals surface area contributed by atoms with Gasteiger partial charge in [-0.2, -0.15) is 12.6 Å². The van der Waals surface area contributed by atoms with E-state index in [-0.39, 0.29) is 4.87 Å². The molecule has 2 nitrogen and oxygen atoms in total. The lowest BCUT2D eigenvalue weighted by Crippen LogP contribution is -1.92. The first-order valence-electron chi connectivity index (χ1n) is 4.67. The zero-order valence-electron chi connectivity index (χ0n) is 8.36. The smallest absolute Gasteiger partial charge is 0.304 e. The highest BCUT2D eigenvalue weighted by atomic mass is 32.1. The summed E-state index contributed by atoms with van der Waals surface area (Å²) in [7, 11) is 0. The van der Waals surface area contributed by atoms with Gasteiger partial charge >= 0.3 is 4.87 Å². The SMILES string of the molecule is O=c1[nH]c(-c2ccc(C#CCS)cc2)cs1. The molecule has 0 unspecified atom stereocenters. The summed E-state index contributed by atoms with van der Waals surface area (Å²) in [5.41, 5.74) is 2.80. The molecule has 16 heavy (non-hydrogen) atoms. The molecular weight excluding hydrogens is 238 g/mol. The van der Waals surface area contributed by atoms with Crippen LogP contribution in [0.15, 0.2) is 34.4 Å². The summed E-state index contributed by atoms with van der Waals surface area (Å²) in [5.74, 6) is 6.42. The minimum atomic E-state index is -0.0334. The topological polar surface area (TPSA) is 32.9 Å². The predicted octanol–water partition coefficient (Wildman–Crippen LogP) is 2.38. The van der Waals surface area contributed by atoms with Gasteiger partial charge in [0.2, 0.25) is 0 Å². The molecule has 1 heterocycles. The number of nitrogens with one attached hydrogen (secondary N) is 1. The molecule has 0 aliphatic carbocycles. The molecule has 0 bridgehead atoms. The Morgan fingerprint density at radius 2 is 2.06 bits per heavy atom. The van der Waals surface area contributed by atoms with Gasteiger partial charge in [0.15, 0.2) is 0 Å². The van der Waals surface area contributed by atoms with Crippen LogP contribution < -0.4 is 4.87 Å². The first-order valence-corrected chi connectivity index (χ1v) is 6.19. The molecule has 1 aromatic carbocycles. The molecule has 0 fully saturated rings. The average Bonchev–Trinajstić information content (AvgIpc) is 2.74. The summed E-state index contributed by atoms with van der Waals surface area (Å²) < 4.78 is 0. The van der Waals surface area contributed by atoms with Gasteiger partial charge in [0.1, 0.15) is 0 Å². The van der Waals surface area contributed by atoms with Gasteiger partial charge in [0, 0.05) is 10.9 Å². The number of thiazole rings is 1. The summed E-state index contributed by atoms with van der Waals surface area (Å²) >= 11 is 5.19. The molecular formula is C12H9NOS2. The molecule has 2 aromatic rings. The van der Waals surface area contributed by atoms with E-state index >= 15 is 0 Å². The van der Waals surface area contributed by atoms with Gasteiger partial charge in [-0.3, -0.25) is 4.79 Å². The molecule has 0 aliphatic heterocycles. The molecule has 0 spiro atoms. The van der Waals surface area contributed by atoms with Crippen molar-refractivity contribution in [1.29, 1.82) is 0 Å². The average molecular weight is 247 g/mol. The van der Waals surface area contributed by atoms with Crippen molar-refractivity contribution in [2.24, 2.45) is 0 Å². The molecule has 0 aliphatic rings. The van der Waals surface area contributed by atoms with E-state index in [1.807, 2.05) is 29.6 Å². The first-order chi connectivity index (χ1) is 7.79. The summed E-state index contributed by atoms with van der Waals surface area (Å²) in [6.45, 7) is 0. The minimum absolute atomic E-state index is 0.0334. The quantitative estimate of drug-likeness (QED) is 0.588. The van der Waals surface area contributed by atoms with Crippen LogP contribution in [-0.4, -0.2) is 10.7 Å². The fraction of sp³-hybridized carbons (Fsp3) is 0.0833. The molecule has 0 saturated heterocycles. The van der Waals surface area contributed by atoms with Crippen LogP contribution in [0.2, 0.25) is 0 Å². The third-order valence-corrected chi connectivity index (χ3v) is 2.86. The van der Waals surface area contributed by atoms with Crippen molar-refractivity contribution in [2.75, 3.05) is 5.75 Å². The van der Waals surface area contributed by atoms with Crippen LogP contribution >= 0.6 is 24.0 Å². The normalized spacial score (nSPS) is 9.56. The van der Waals surface area contributed by atoms with Crippen molar-refractivity contribution < 1.29 is 0 Å². The van der Waals surface area contributed by atoms with Crippen LogP contribution in [-0.2, 0) is 0 Å². The molecule has 2 rings (SSSR count). The van der Waals surface area contributed by atoms with Crippen LogP contribution in [0.1, 0.15) is 5.56 Å². The number of aromatic amines is 1. The third-order valence-electron chi connectivity index (χ3n) is 2.03. The van der Waals surface area contributed by atoms with E-state index in [2.05, 4.69) is 29.5 Å².